The maximum atomic E-state index is 5.22. The maximum Gasteiger partial charge on any atom is 0.118 e. The van der Waals surface area contributed by atoms with Crippen molar-refractivity contribution < 1.29 is 9.47 Å². The molecule has 0 fully saturated rings. The number of pyridine rings is 2. The van der Waals surface area contributed by atoms with Crippen LogP contribution in [0.4, 0.5) is 0 Å². The van der Waals surface area contributed by atoms with Gasteiger partial charge in [0.1, 0.15) is 18.9 Å². The van der Waals surface area contributed by atoms with E-state index in [-0.39, 0.29) is 0 Å². The Labute approximate surface area is 287 Å². The van der Waals surface area contributed by atoms with Crippen molar-refractivity contribution in [3.05, 3.63) is 112 Å². The highest BCUT2D eigenvalue weighted by Gasteiger charge is 2.14. The molecule has 2 aromatic heterocycles. The molecule has 0 aliphatic carbocycles. The van der Waals surface area contributed by atoms with Crippen LogP contribution in [0.25, 0.3) is 44.1 Å². The summed E-state index contributed by atoms with van der Waals surface area (Å²) in [6.07, 6.45) is 0. The van der Waals surface area contributed by atoms with Crippen LogP contribution >= 0.6 is 90.4 Å². The summed E-state index contributed by atoms with van der Waals surface area (Å²) in [7, 11) is 3.36. The van der Waals surface area contributed by atoms with Crippen molar-refractivity contribution in [2.24, 2.45) is 0 Å². The second-order valence-corrected chi connectivity index (χ2v) is 12.9. The average molecular weight is 974 g/mol. The lowest BCUT2D eigenvalue weighted by atomic mass is 10.1. The van der Waals surface area contributed by atoms with Crippen molar-refractivity contribution in [1.29, 1.82) is 0 Å². The lowest BCUT2D eigenvalue weighted by Crippen LogP contribution is -1.94. The minimum Gasteiger partial charge on any atom is -0.497 e. The summed E-state index contributed by atoms with van der Waals surface area (Å²) >= 11 is 9.44. The second kappa shape index (κ2) is 13.5. The molecular weight excluding hydrogens is 952 g/mol. The number of nitrogens with zero attached hydrogens (tertiary/aromatic N) is 2. The monoisotopic (exact) mass is 974 g/mol. The molecule has 0 saturated heterocycles. The standard InChI is InChI=1S/2C16H11I2NO/c2*1-20-11-8-6-10(7-9-11)14-15(17)12-4-2-3-5-13(12)19-16(14)18/h2*2-9H,1H3. The fourth-order valence-electron chi connectivity index (χ4n) is 4.29. The number of para-hydroxylation sites is 2. The van der Waals surface area contributed by atoms with E-state index in [1.54, 1.807) is 14.2 Å². The van der Waals surface area contributed by atoms with Crippen LogP contribution in [0.15, 0.2) is 97.1 Å². The fraction of sp³-hybridized carbons (Fsp3) is 0.0625. The summed E-state index contributed by atoms with van der Waals surface area (Å²) in [5.41, 5.74) is 6.79. The van der Waals surface area contributed by atoms with E-state index in [1.165, 1.54) is 29.0 Å². The fourth-order valence-corrected chi connectivity index (χ4v) is 9.05. The van der Waals surface area contributed by atoms with Gasteiger partial charge >= 0.3 is 0 Å². The largest absolute Gasteiger partial charge is 0.497 e. The SMILES string of the molecule is COc1ccc(-c2c(I)nc3ccccc3c2I)cc1.COc1ccc(-c2c(I)nc3ccccc3c2I)cc1. The number of methoxy groups -OCH3 is 2. The van der Waals surface area contributed by atoms with Gasteiger partial charge in [-0.2, -0.15) is 0 Å². The molecule has 0 bridgehead atoms. The van der Waals surface area contributed by atoms with Gasteiger partial charge in [0, 0.05) is 29.0 Å². The Morgan fingerprint density at radius 1 is 0.475 bits per heavy atom. The third-order valence-electron chi connectivity index (χ3n) is 6.33. The molecule has 0 saturated carbocycles. The molecule has 0 amide bonds. The number of halogens is 4. The Bertz CT molecular complexity index is 1670. The predicted molar refractivity (Wildman–Crippen MR) is 198 cm³/mol. The van der Waals surface area contributed by atoms with Gasteiger partial charge in [0.15, 0.2) is 0 Å². The van der Waals surface area contributed by atoms with Crippen molar-refractivity contribution in [3.63, 3.8) is 0 Å². The minimum absolute atomic E-state index is 0.868. The molecule has 0 aliphatic rings. The molecule has 6 rings (SSSR count). The molecule has 0 atom stereocenters. The Kier molecular flexibility index (Phi) is 10.00. The first-order chi connectivity index (χ1) is 19.4. The summed E-state index contributed by atoms with van der Waals surface area (Å²) in [5, 5.41) is 2.39. The van der Waals surface area contributed by atoms with Gasteiger partial charge in [-0.05, 0) is 138 Å². The van der Waals surface area contributed by atoms with Crippen molar-refractivity contribution in [2.75, 3.05) is 14.2 Å². The van der Waals surface area contributed by atoms with Gasteiger partial charge in [-0.25, -0.2) is 9.97 Å². The Morgan fingerprint density at radius 3 is 1.18 bits per heavy atom. The molecular formula is C32H22I4N2O2. The molecule has 4 aromatic carbocycles. The highest BCUT2D eigenvalue weighted by molar-refractivity contribution is 14.1. The molecule has 0 spiro atoms. The highest BCUT2D eigenvalue weighted by Crippen LogP contribution is 2.36. The molecule has 0 unspecified atom stereocenters. The summed E-state index contributed by atoms with van der Waals surface area (Å²) < 4.78 is 15.0. The van der Waals surface area contributed by atoms with Crippen molar-refractivity contribution in [2.45, 2.75) is 0 Å². The topological polar surface area (TPSA) is 44.2 Å². The minimum atomic E-state index is 0.868. The van der Waals surface area contributed by atoms with Crippen LogP contribution in [-0.2, 0) is 0 Å². The van der Waals surface area contributed by atoms with Crippen LogP contribution in [0.2, 0.25) is 0 Å². The molecule has 0 N–H and O–H groups in total. The summed E-state index contributed by atoms with van der Waals surface area (Å²) in [6.45, 7) is 0. The van der Waals surface area contributed by atoms with E-state index in [2.05, 4.69) is 151 Å². The summed E-state index contributed by atoms with van der Waals surface area (Å²) in [5.74, 6) is 1.74. The van der Waals surface area contributed by atoms with E-state index in [9.17, 15) is 0 Å². The van der Waals surface area contributed by atoms with Gasteiger partial charge in [-0.3, -0.25) is 0 Å². The second-order valence-electron chi connectivity index (χ2n) is 8.67. The first-order valence-electron chi connectivity index (χ1n) is 12.2. The Balaban J connectivity index is 0.000000161. The van der Waals surface area contributed by atoms with Crippen LogP contribution < -0.4 is 9.47 Å². The molecule has 0 aliphatic heterocycles. The highest BCUT2D eigenvalue weighted by atomic mass is 127. The summed E-state index contributed by atoms with van der Waals surface area (Å²) in [6, 6.07) is 32.7. The van der Waals surface area contributed by atoms with Crippen LogP contribution in [-0.4, -0.2) is 24.2 Å². The normalized spacial score (nSPS) is 10.8. The Morgan fingerprint density at radius 2 is 0.825 bits per heavy atom. The van der Waals surface area contributed by atoms with Crippen molar-refractivity contribution >= 4 is 112 Å². The predicted octanol–water partition coefficient (Wildman–Crippen LogP) is 10.2. The van der Waals surface area contributed by atoms with Crippen LogP contribution in [0.5, 0.6) is 11.5 Å². The van der Waals surface area contributed by atoms with Gasteiger partial charge in [0.2, 0.25) is 0 Å². The van der Waals surface area contributed by atoms with Gasteiger partial charge < -0.3 is 9.47 Å². The Hall–Kier alpha value is -1.78. The van der Waals surface area contributed by atoms with E-state index in [1.807, 2.05) is 36.4 Å². The van der Waals surface area contributed by atoms with Gasteiger partial charge in [-0.1, -0.05) is 60.7 Å². The van der Waals surface area contributed by atoms with E-state index in [4.69, 9.17) is 19.4 Å². The molecule has 200 valence electrons. The quantitative estimate of drug-likeness (QED) is 0.130. The van der Waals surface area contributed by atoms with Gasteiger partial charge in [0.05, 0.1) is 25.3 Å². The zero-order valence-electron chi connectivity index (χ0n) is 21.5. The number of ether oxygens (including phenoxy) is 2. The lowest BCUT2D eigenvalue weighted by molar-refractivity contribution is 0.415. The van der Waals surface area contributed by atoms with E-state index >= 15 is 0 Å². The van der Waals surface area contributed by atoms with E-state index in [0.29, 0.717) is 0 Å². The van der Waals surface area contributed by atoms with Crippen LogP contribution in [0.1, 0.15) is 0 Å². The maximum absolute atomic E-state index is 5.22. The molecule has 0 radical (unpaired) electrons. The summed E-state index contributed by atoms with van der Waals surface area (Å²) in [4.78, 5) is 9.41. The lowest BCUT2D eigenvalue weighted by Gasteiger charge is -2.11. The third-order valence-corrected chi connectivity index (χ3v) is 10.1. The van der Waals surface area contributed by atoms with E-state index < -0.39 is 0 Å². The molecule has 6 aromatic rings. The molecule has 4 nitrogen and oxygen atoms in total. The number of hydrogen-bond donors (Lipinski definition) is 0. The van der Waals surface area contributed by atoms with Crippen molar-refractivity contribution in [3.8, 4) is 33.8 Å². The van der Waals surface area contributed by atoms with Crippen LogP contribution in [0.3, 0.4) is 0 Å². The first kappa shape index (κ1) is 29.7. The molecule has 40 heavy (non-hydrogen) atoms. The first-order valence-corrected chi connectivity index (χ1v) is 16.5. The van der Waals surface area contributed by atoms with Gasteiger partial charge in [0.25, 0.3) is 0 Å². The van der Waals surface area contributed by atoms with E-state index in [0.717, 1.165) is 41.1 Å². The smallest absolute Gasteiger partial charge is 0.118 e. The zero-order chi connectivity index (χ0) is 28.2. The number of aromatic nitrogens is 2. The van der Waals surface area contributed by atoms with Crippen molar-refractivity contribution in [1.82, 2.24) is 9.97 Å². The van der Waals surface area contributed by atoms with Gasteiger partial charge in [-0.15, -0.1) is 0 Å². The number of hydrogen-bond acceptors (Lipinski definition) is 4. The molecule has 8 heteroatoms. The number of benzene rings is 4. The zero-order valence-corrected chi connectivity index (χ0v) is 30.1. The average Bonchev–Trinajstić information content (AvgIpc) is 2.98. The third kappa shape index (κ3) is 6.33. The number of rotatable bonds is 4. The van der Waals surface area contributed by atoms with Crippen LogP contribution in [0, 0.1) is 14.5 Å². The molecule has 2 heterocycles. The number of fused-ring (bicyclic) bond motifs is 2.